The maximum absolute atomic E-state index is 11.6. The van der Waals surface area contributed by atoms with Crippen molar-refractivity contribution < 1.29 is 18.1 Å². The molecule has 0 radical (unpaired) electrons. The standard InChI is InChI=1S/C23H24O4S/c1-15(18-7-5-4-6-8-18)19-9-11-20(12-10-19)16(2)23-17(3)22(28(25,26)27)14-13-21(23)24/h4-16,24H,1-3H3,(H,25,26,27). The second kappa shape index (κ2) is 7.78. The fourth-order valence-electron chi connectivity index (χ4n) is 3.69. The van der Waals surface area contributed by atoms with Crippen LogP contribution in [0, 0.1) is 6.92 Å². The highest BCUT2D eigenvalue weighted by atomic mass is 32.2. The average molecular weight is 397 g/mol. The molecule has 2 N–H and O–H groups in total. The summed E-state index contributed by atoms with van der Waals surface area (Å²) in [7, 11) is -4.35. The smallest absolute Gasteiger partial charge is 0.294 e. The topological polar surface area (TPSA) is 74.6 Å². The molecular weight excluding hydrogens is 372 g/mol. The summed E-state index contributed by atoms with van der Waals surface area (Å²) in [5.41, 5.74) is 4.22. The number of hydrogen-bond donors (Lipinski definition) is 2. The molecule has 0 fully saturated rings. The van der Waals surface area contributed by atoms with Crippen LogP contribution in [0.2, 0.25) is 0 Å². The van der Waals surface area contributed by atoms with Gasteiger partial charge >= 0.3 is 0 Å². The lowest BCUT2D eigenvalue weighted by Gasteiger charge is -2.20. The van der Waals surface area contributed by atoms with Crippen LogP contribution in [0.5, 0.6) is 5.75 Å². The molecule has 3 aromatic rings. The fourth-order valence-corrected chi connectivity index (χ4v) is 4.43. The molecule has 0 saturated carbocycles. The number of benzene rings is 3. The molecule has 0 heterocycles. The lowest BCUT2D eigenvalue weighted by atomic mass is 9.87. The van der Waals surface area contributed by atoms with Crippen molar-refractivity contribution in [2.24, 2.45) is 0 Å². The lowest BCUT2D eigenvalue weighted by molar-refractivity contribution is 0.462. The third kappa shape index (κ3) is 3.96. The van der Waals surface area contributed by atoms with Crippen LogP contribution in [0.15, 0.2) is 71.6 Å². The number of phenols is 1. The second-order valence-corrected chi connectivity index (χ2v) is 8.51. The maximum atomic E-state index is 11.6. The van der Waals surface area contributed by atoms with Crippen molar-refractivity contribution in [2.75, 3.05) is 0 Å². The Balaban J connectivity index is 1.95. The van der Waals surface area contributed by atoms with E-state index in [0.717, 1.165) is 5.56 Å². The molecule has 0 aliphatic heterocycles. The van der Waals surface area contributed by atoms with E-state index >= 15 is 0 Å². The van der Waals surface area contributed by atoms with Gasteiger partial charge in [0.15, 0.2) is 0 Å². The van der Waals surface area contributed by atoms with Crippen molar-refractivity contribution in [3.63, 3.8) is 0 Å². The molecule has 0 aromatic heterocycles. The first-order valence-corrected chi connectivity index (χ1v) is 10.6. The van der Waals surface area contributed by atoms with Gasteiger partial charge in [-0.25, -0.2) is 0 Å². The summed E-state index contributed by atoms with van der Waals surface area (Å²) in [5.74, 6) is 0.0328. The lowest BCUT2D eigenvalue weighted by Crippen LogP contribution is -2.07. The highest BCUT2D eigenvalue weighted by Crippen LogP contribution is 2.37. The predicted octanol–water partition coefficient (Wildman–Crippen LogP) is 5.25. The largest absolute Gasteiger partial charge is 0.508 e. The van der Waals surface area contributed by atoms with E-state index < -0.39 is 10.1 Å². The van der Waals surface area contributed by atoms with Crippen LogP contribution in [0.4, 0.5) is 0 Å². The van der Waals surface area contributed by atoms with E-state index in [1.807, 2.05) is 37.3 Å². The Bertz CT molecular complexity index is 1070. The van der Waals surface area contributed by atoms with E-state index in [-0.39, 0.29) is 22.5 Å². The number of hydrogen-bond acceptors (Lipinski definition) is 3. The monoisotopic (exact) mass is 396 g/mol. The van der Waals surface area contributed by atoms with Crippen molar-refractivity contribution >= 4 is 10.1 Å². The average Bonchev–Trinajstić information content (AvgIpc) is 2.67. The first kappa shape index (κ1) is 20.1. The summed E-state index contributed by atoms with van der Waals surface area (Å²) < 4.78 is 32.6. The van der Waals surface area contributed by atoms with Gasteiger partial charge in [-0.3, -0.25) is 4.55 Å². The molecule has 0 aliphatic carbocycles. The van der Waals surface area contributed by atoms with Gasteiger partial charge in [0.05, 0.1) is 4.90 Å². The van der Waals surface area contributed by atoms with Crippen molar-refractivity contribution in [3.05, 3.63) is 94.5 Å². The van der Waals surface area contributed by atoms with Gasteiger partial charge in [0.2, 0.25) is 0 Å². The van der Waals surface area contributed by atoms with E-state index in [9.17, 15) is 18.1 Å². The molecule has 0 bridgehead atoms. The quantitative estimate of drug-likeness (QED) is 0.578. The third-order valence-electron chi connectivity index (χ3n) is 5.39. The third-order valence-corrected chi connectivity index (χ3v) is 6.39. The first-order chi connectivity index (χ1) is 13.2. The number of aromatic hydroxyl groups is 1. The zero-order valence-corrected chi connectivity index (χ0v) is 16.9. The highest BCUT2D eigenvalue weighted by Gasteiger charge is 2.22. The maximum Gasteiger partial charge on any atom is 0.294 e. The van der Waals surface area contributed by atoms with Crippen LogP contribution in [0.25, 0.3) is 0 Å². The Morgan fingerprint density at radius 2 is 1.25 bits per heavy atom. The van der Waals surface area contributed by atoms with Crippen molar-refractivity contribution in [1.29, 1.82) is 0 Å². The zero-order valence-electron chi connectivity index (χ0n) is 16.1. The fraction of sp³-hybridized carbons (Fsp3) is 0.217. The van der Waals surface area contributed by atoms with Gasteiger partial charge in [-0.05, 0) is 41.3 Å². The Morgan fingerprint density at radius 3 is 1.79 bits per heavy atom. The minimum atomic E-state index is -4.35. The van der Waals surface area contributed by atoms with Crippen LogP contribution in [-0.2, 0) is 10.1 Å². The van der Waals surface area contributed by atoms with Gasteiger partial charge < -0.3 is 5.11 Å². The van der Waals surface area contributed by atoms with Gasteiger partial charge in [-0.1, -0.05) is 68.4 Å². The van der Waals surface area contributed by atoms with Crippen molar-refractivity contribution in [2.45, 2.75) is 37.5 Å². The number of phenolic OH excluding ortho intramolecular Hbond substituents is 1. The van der Waals surface area contributed by atoms with Gasteiger partial charge in [0, 0.05) is 17.4 Å². The summed E-state index contributed by atoms with van der Waals surface area (Å²) in [6, 6.07) is 20.9. The van der Waals surface area contributed by atoms with Crippen LogP contribution in [-0.4, -0.2) is 18.1 Å². The second-order valence-electron chi connectivity index (χ2n) is 7.12. The molecule has 0 spiro atoms. The zero-order chi connectivity index (χ0) is 20.5. The molecular formula is C23H24O4S. The van der Waals surface area contributed by atoms with Crippen LogP contribution >= 0.6 is 0 Å². The van der Waals surface area contributed by atoms with Crippen molar-refractivity contribution in [1.82, 2.24) is 0 Å². The molecule has 2 atom stereocenters. The highest BCUT2D eigenvalue weighted by molar-refractivity contribution is 7.85. The minimum absolute atomic E-state index is 0.0131. The Hall–Kier alpha value is -2.63. The molecule has 3 rings (SSSR count). The van der Waals surface area contributed by atoms with Gasteiger partial charge in [0.25, 0.3) is 10.1 Å². The summed E-state index contributed by atoms with van der Waals surface area (Å²) in [6.45, 7) is 5.66. The van der Waals surface area contributed by atoms with Crippen LogP contribution in [0.1, 0.15) is 53.5 Å². The summed E-state index contributed by atoms with van der Waals surface area (Å²) >= 11 is 0. The van der Waals surface area contributed by atoms with Gasteiger partial charge in [0.1, 0.15) is 5.75 Å². The Labute approximate surface area is 166 Å². The van der Waals surface area contributed by atoms with E-state index in [0.29, 0.717) is 11.1 Å². The predicted molar refractivity (Wildman–Crippen MR) is 111 cm³/mol. The van der Waals surface area contributed by atoms with E-state index in [1.54, 1.807) is 6.92 Å². The first-order valence-electron chi connectivity index (χ1n) is 9.15. The van der Waals surface area contributed by atoms with Gasteiger partial charge in [-0.2, -0.15) is 8.42 Å². The molecule has 0 saturated heterocycles. The SMILES string of the molecule is Cc1c(S(=O)(=O)O)ccc(O)c1C(C)c1ccc(C(C)c2ccccc2)cc1. The van der Waals surface area contributed by atoms with Crippen molar-refractivity contribution in [3.8, 4) is 5.75 Å². The van der Waals surface area contributed by atoms with Gasteiger partial charge in [-0.15, -0.1) is 0 Å². The Morgan fingerprint density at radius 1 is 0.750 bits per heavy atom. The van der Waals surface area contributed by atoms with Crippen LogP contribution in [0.3, 0.4) is 0 Å². The molecule has 0 amide bonds. The normalized spacial score (nSPS) is 13.9. The van der Waals surface area contributed by atoms with E-state index in [2.05, 4.69) is 31.2 Å². The van der Waals surface area contributed by atoms with E-state index in [4.69, 9.17) is 0 Å². The Kier molecular flexibility index (Phi) is 5.59. The minimum Gasteiger partial charge on any atom is -0.508 e. The molecule has 3 aromatic carbocycles. The molecule has 28 heavy (non-hydrogen) atoms. The number of rotatable bonds is 5. The molecule has 146 valence electrons. The molecule has 4 nitrogen and oxygen atoms in total. The molecule has 5 heteroatoms. The summed E-state index contributed by atoms with van der Waals surface area (Å²) in [4.78, 5) is -0.179. The molecule has 2 unspecified atom stereocenters. The van der Waals surface area contributed by atoms with Crippen LogP contribution < -0.4 is 0 Å². The molecule has 0 aliphatic rings. The summed E-state index contributed by atoms with van der Waals surface area (Å²) in [6.07, 6.45) is 0. The summed E-state index contributed by atoms with van der Waals surface area (Å²) in [5, 5.41) is 10.3. The van der Waals surface area contributed by atoms with E-state index in [1.165, 1.54) is 23.3 Å².